The fraction of sp³-hybridized carbons (Fsp3) is 0.417. The van der Waals surface area contributed by atoms with Gasteiger partial charge in [-0.25, -0.2) is 17.6 Å². The van der Waals surface area contributed by atoms with Crippen LogP contribution in [0, 0.1) is 11.7 Å². The molecule has 1 aliphatic rings. The van der Waals surface area contributed by atoms with Crippen LogP contribution in [0.1, 0.15) is 36.5 Å². The highest BCUT2D eigenvalue weighted by Gasteiger charge is 2.32. The Morgan fingerprint density at radius 2 is 1.76 bits per heavy atom. The van der Waals surface area contributed by atoms with Gasteiger partial charge in [0, 0.05) is 25.6 Å². The third kappa shape index (κ3) is 6.54. The third-order valence-corrected chi connectivity index (χ3v) is 7.46. The normalized spacial score (nSPS) is 15.0. The number of amides is 1. The number of nitrogens with zero attached hydrogens (tertiary/aromatic N) is 1. The maximum atomic E-state index is 13.5. The molecule has 1 saturated heterocycles. The van der Waals surface area contributed by atoms with Crippen molar-refractivity contribution in [3.8, 4) is 5.75 Å². The van der Waals surface area contributed by atoms with Gasteiger partial charge in [-0.15, -0.1) is 0 Å². The zero-order valence-corrected chi connectivity index (χ0v) is 19.9. The summed E-state index contributed by atoms with van der Waals surface area (Å²) in [6, 6.07) is 11.8. The van der Waals surface area contributed by atoms with E-state index in [1.807, 2.05) is 0 Å². The summed E-state index contributed by atoms with van der Waals surface area (Å²) in [5.74, 6) is -1.15. The van der Waals surface area contributed by atoms with Gasteiger partial charge in [-0.3, -0.25) is 4.79 Å². The molecule has 2 aromatic carbocycles. The Morgan fingerprint density at radius 1 is 1.09 bits per heavy atom. The Balaban J connectivity index is 1.42. The molecule has 1 heterocycles. The summed E-state index contributed by atoms with van der Waals surface area (Å²) < 4.78 is 51.0. The number of sulfonamides is 1. The van der Waals surface area contributed by atoms with Crippen molar-refractivity contribution >= 4 is 21.9 Å². The van der Waals surface area contributed by atoms with Crippen LogP contribution in [0.5, 0.6) is 5.75 Å². The van der Waals surface area contributed by atoms with Gasteiger partial charge in [-0.1, -0.05) is 12.1 Å². The summed E-state index contributed by atoms with van der Waals surface area (Å²) in [6.45, 7) is 3.06. The van der Waals surface area contributed by atoms with Gasteiger partial charge in [0.1, 0.15) is 0 Å². The molecule has 0 saturated carbocycles. The lowest BCUT2D eigenvalue weighted by atomic mass is 9.97. The molecule has 0 aliphatic carbocycles. The van der Waals surface area contributed by atoms with E-state index in [4.69, 9.17) is 9.47 Å². The highest BCUT2D eigenvalue weighted by atomic mass is 32.2. The lowest BCUT2D eigenvalue weighted by molar-refractivity contribution is -0.126. The lowest BCUT2D eigenvalue weighted by Crippen LogP contribution is -2.43. The molecule has 1 fully saturated rings. The molecule has 0 unspecified atom stereocenters. The second-order valence-corrected chi connectivity index (χ2v) is 9.78. The number of carbonyl (C=O) groups is 2. The van der Waals surface area contributed by atoms with Crippen LogP contribution in [0.4, 0.5) is 4.39 Å². The minimum absolute atomic E-state index is 0.0957. The van der Waals surface area contributed by atoms with Crippen LogP contribution in [0.2, 0.25) is 0 Å². The van der Waals surface area contributed by atoms with Crippen LogP contribution in [0.3, 0.4) is 0 Å². The van der Waals surface area contributed by atoms with Gasteiger partial charge < -0.3 is 14.8 Å². The summed E-state index contributed by atoms with van der Waals surface area (Å²) in [7, 11) is -3.72. The van der Waals surface area contributed by atoms with Gasteiger partial charge in [-0.2, -0.15) is 4.31 Å². The molecule has 184 valence electrons. The summed E-state index contributed by atoms with van der Waals surface area (Å²) in [5, 5.41) is 2.84. The van der Waals surface area contributed by atoms with Crippen molar-refractivity contribution in [2.24, 2.45) is 5.92 Å². The lowest BCUT2D eigenvalue weighted by Gasteiger charge is -2.30. The molecule has 0 radical (unpaired) electrons. The van der Waals surface area contributed by atoms with Gasteiger partial charge in [0.05, 0.1) is 23.7 Å². The Bertz CT molecular complexity index is 1080. The number of carbonyl (C=O) groups excluding carboxylic acids is 2. The number of para-hydroxylation sites is 1. The first-order valence-corrected chi connectivity index (χ1v) is 12.7. The molecule has 1 N–H and O–H groups in total. The quantitative estimate of drug-likeness (QED) is 0.404. The van der Waals surface area contributed by atoms with Crippen LogP contribution in [0.15, 0.2) is 53.4 Å². The molecular weight excluding hydrogens is 463 g/mol. The fourth-order valence-electron chi connectivity index (χ4n) is 3.66. The molecule has 0 atom stereocenters. The van der Waals surface area contributed by atoms with E-state index >= 15 is 0 Å². The Hall–Kier alpha value is -2.98. The van der Waals surface area contributed by atoms with Gasteiger partial charge >= 0.3 is 5.97 Å². The van der Waals surface area contributed by atoms with E-state index in [1.165, 1.54) is 34.6 Å². The summed E-state index contributed by atoms with van der Waals surface area (Å²) in [6.07, 6.45) is 1.35. The minimum Gasteiger partial charge on any atom is -0.490 e. The second-order valence-electron chi connectivity index (χ2n) is 7.85. The van der Waals surface area contributed by atoms with Crippen LogP contribution in [0.25, 0.3) is 0 Å². The van der Waals surface area contributed by atoms with E-state index in [0.29, 0.717) is 25.8 Å². The fourth-order valence-corrected chi connectivity index (χ4v) is 5.13. The Kier molecular flexibility index (Phi) is 9.00. The molecule has 10 heteroatoms. The van der Waals surface area contributed by atoms with Crippen LogP contribution >= 0.6 is 0 Å². The van der Waals surface area contributed by atoms with E-state index in [-0.39, 0.29) is 54.3 Å². The predicted molar refractivity (Wildman–Crippen MR) is 123 cm³/mol. The molecule has 0 spiro atoms. The van der Waals surface area contributed by atoms with Crippen LogP contribution in [-0.4, -0.2) is 57.4 Å². The molecule has 0 aromatic heterocycles. The molecule has 1 amide bonds. The Labute approximate surface area is 199 Å². The number of rotatable bonds is 10. The summed E-state index contributed by atoms with van der Waals surface area (Å²) in [5.41, 5.74) is 0.287. The van der Waals surface area contributed by atoms with Gasteiger partial charge in [0.15, 0.2) is 11.6 Å². The van der Waals surface area contributed by atoms with Crippen molar-refractivity contribution in [1.29, 1.82) is 0 Å². The van der Waals surface area contributed by atoms with E-state index in [1.54, 1.807) is 25.1 Å². The van der Waals surface area contributed by atoms with Crippen LogP contribution < -0.4 is 10.1 Å². The highest BCUT2D eigenvalue weighted by Crippen LogP contribution is 2.24. The summed E-state index contributed by atoms with van der Waals surface area (Å²) in [4.78, 5) is 24.3. The number of ether oxygens (including phenoxy) is 2. The van der Waals surface area contributed by atoms with Crippen molar-refractivity contribution in [3.63, 3.8) is 0 Å². The zero-order valence-electron chi connectivity index (χ0n) is 19.0. The molecule has 1 aliphatic heterocycles. The van der Waals surface area contributed by atoms with Crippen molar-refractivity contribution in [2.75, 3.05) is 32.8 Å². The molecule has 8 nitrogen and oxygen atoms in total. The Morgan fingerprint density at radius 3 is 2.41 bits per heavy atom. The third-order valence-electron chi connectivity index (χ3n) is 5.54. The molecule has 2 aromatic rings. The first-order valence-electron chi connectivity index (χ1n) is 11.2. The monoisotopic (exact) mass is 492 g/mol. The number of benzene rings is 2. The largest absolute Gasteiger partial charge is 0.490 e. The van der Waals surface area contributed by atoms with Crippen molar-refractivity contribution < 1.29 is 31.9 Å². The van der Waals surface area contributed by atoms with E-state index in [2.05, 4.69) is 5.32 Å². The van der Waals surface area contributed by atoms with E-state index < -0.39 is 21.8 Å². The van der Waals surface area contributed by atoms with Crippen molar-refractivity contribution in [1.82, 2.24) is 9.62 Å². The number of piperidine rings is 1. The molecule has 0 bridgehead atoms. The molecule has 34 heavy (non-hydrogen) atoms. The van der Waals surface area contributed by atoms with Crippen molar-refractivity contribution in [3.05, 3.63) is 59.9 Å². The first-order chi connectivity index (χ1) is 16.3. The average molecular weight is 493 g/mol. The smallest absolute Gasteiger partial charge is 0.338 e. The minimum atomic E-state index is -3.72. The van der Waals surface area contributed by atoms with Gasteiger partial charge in [0.2, 0.25) is 15.9 Å². The molecule has 3 rings (SSSR count). The number of esters is 1. The first kappa shape index (κ1) is 25.6. The number of hydrogen-bond acceptors (Lipinski definition) is 6. The topological polar surface area (TPSA) is 102 Å². The summed E-state index contributed by atoms with van der Waals surface area (Å²) >= 11 is 0. The van der Waals surface area contributed by atoms with Crippen LogP contribution in [-0.2, 0) is 19.6 Å². The van der Waals surface area contributed by atoms with E-state index in [9.17, 15) is 22.4 Å². The molecular formula is C24H29FN2O6S. The zero-order chi connectivity index (χ0) is 24.6. The standard InChI is InChI=1S/C24H29FN2O6S/c1-2-32-24(29)19-8-10-20(11-9-19)34(30,31)27-15-12-18(13-16-27)23(28)26-14-5-17-33-22-7-4-3-6-21(22)25/h3-4,6-11,18H,2,5,12-17H2,1H3,(H,26,28). The average Bonchev–Trinajstić information content (AvgIpc) is 2.85. The predicted octanol–water partition coefficient (Wildman–Crippen LogP) is 2.99. The maximum absolute atomic E-state index is 13.5. The second kappa shape index (κ2) is 11.9. The van der Waals surface area contributed by atoms with Crippen molar-refractivity contribution in [2.45, 2.75) is 31.1 Å². The number of hydrogen-bond donors (Lipinski definition) is 1. The number of nitrogens with one attached hydrogen (secondary N) is 1. The maximum Gasteiger partial charge on any atom is 0.338 e. The van der Waals surface area contributed by atoms with Gasteiger partial charge in [-0.05, 0) is 62.6 Å². The SMILES string of the molecule is CCOC(=O)c1ccc(S(=O)(=O)N2CCC(C(=O)NCCCOc3ccccc3F)CC2)cc1. The van der Waals surface area contributed by atoms with E-state index in [0.717, 1.165) is 0 Å². The number of halogens is 1. The highest BCUT2D eigenvalue weighted by molar-refractivity contribution is 7.89. The van der Waals surface area contributed by atoms with Gasteiger partial charge in [0.25, 0.3) is 0 Å².